The number of benzene rings is 3. The van der Waals surface area contributed by atoms with Gasteiger partial charge in [0.15, 0.2) is 0 Å². The second kappa shape index (κ2) is 8.61. The van der Waals surface area contributed by atoms with Crippen molar-refractivity contribution in [2.45, 2.75) is 17.4 Å². The molecule has 0 unspecified atom stereocenters. The highest BCUT2D eigenvalue weighted by Gasteiger charge is 2.28. The monoisotopic (exact) mass is 438 g/mol. The van der Waals surface area contributed by atoms with Gasteiger partial charge in [-0.05, 0) is 55.9 Å². The molecule has 0 aliphatic carbocycles. The van der Waals surface area contributed by atoms with E-state index in [2.05, 4.69) is 9.62 Å². The minimum Gasteiger partial charge on any atom is -0.496 e. The van der Waals surface area contributed by atoms with Crippen molar-refractivity contribution in [2.24, 2.45) is 0 Å². The number of ether oxygens (including phenoxy) is 2. The van der Waals surface area contributed by atoms with E-state index in [4.69, 9.17) is 9.47 Å². The number of hydrogen-bond donors (Lipinski definition) is 1. The fourth-order valence-electron chi connectivity index (χ4n) is 3.72. The summed E-state index contributed by atoms with van der Waals surface area (Å²) in [5, 5.41) is 0. The molecule has 6 nitrogen and oxygen atoms in total. The second-order valence-corrected chi connectivity index (χ2v) is 9.44. The molecular formula is C24H26N2O4S. The lowest BCUT2D eigenvalue weighted by molar-refractivity contribution is 0.164. The molecule has 0 bridgehead atoms. The number of rotatable bonds is 6. The van der Waals surface area contributed by atoms with Gasteiger partial charge in [-0.2, -0.15) is 0 Å². The molecule has 0 saturated carbocycles. The van der Waals surface area contributed by atoms with E-state index >= 15 is 0 Å². The molecule has 0 saturated heterocycles. The lowest BCUT2D eigenvalue weighted by atomic mass is 10.00. The highest BCUT2D eigenvalue weighted by Crippen LogP contribution is 2.40. The maximum atomic E-state index is 13.2. The number of nitrogens with zero attached hydrogens (tertiary/aromatic N) is 1. The summed E-state index contributed by atoms with van der Waals surface area (Å²) in [6.07, 6.45) is 0.713. The van der Waals surface area contributed by atoms with Gasteiger partial charge < -0.3 is 14.4 Å². The Morgan fingerprint density at radius 3 is 2.45 bits per heavy atom. The quantitative estimate of drug-likeness (QED) is 0.629. The first kappa shape index (κ1) is 21.2. The first-order chi connectivity index (χ1) is 14.9. The molecular weight excluding hydrogens is 412 g/mol. The smallest absolute Gasteiger partial charge is 0.262 e. The van der Waals surface area contributed by atoms with Crippen LogP contribution < -0.4 is 14.2 Å². The van der Waals surface area contributed by atoms with Crippen LogP contribution in [0.25, 0.3) is 11.1 Å². The highest BCUT2D eigenvalue weighted by atomic mass is 32.2. The summed E-state index contributed by atoms with van der Waals surface area (Å²) in [5.41, 5.74) is 3.08. The summed E-state index contributed by atoms with van der Waals surface area (Å²) in [6, 6.07) is 20.3. The predicted molar refractivity (Wildman–Crippen MR) is 122 cm³/mol. The largest absolute Gasteiger partial charge is 0.496 e. The zero-order chi connectivity index (χ0) is 22.0. The van der Waals surface area contributed by atoms with Gasteiger partial charge in [-0.15, -0.1) is 0 Å². The third-order valence-electron chi connectivity index (χ3n) is 5.52. The van der Waals surface area contributed by atoms with E-state index in [1.165, 1.54) is 0 Å². The molecule has 0 fully saturated rings. The third kappa shape index (κ3) is 4.38. The fourth-order valence-corrected chi connectivity index (χ4v) is 4.83. The Hall–Kier alpha value is -3.03. The Balaban J connectivity index is 1.68. The molecule has 1 aliphatic heterocycles. The molecule has 31 heavy (non-hydrogen) atoms. The summed E-state index contributed by atoms with van der Waals surface area (Å²) in [7, 11) is 1.79. The number of likely N-dealkylation sites (N-methyl/N-ethyl adjacent to an activating group) is 1. The van der Waals surface area contributed by atoms with E-state index in [1.54, 1.807) is 37.4 Å². The molecule has 1 aliphatic rings. The van der Waals surface area contributed by atoms with Gasteiger partial charge in [0.25, 0.3) is 10.0 Å². The summed E-state index contributed by atoms with van der Waals surface area (Å²) in [5.74, 6) is 1.22. The molecule has 1 heterocycles. The first-order valence-corrected chi connectivity index (χ1v) is 11.5. The lowest BCUT2D eigenvalue weighted by Gasteiger charge is -2.32. The van der Waals surface area contributed by atoms with E-state index in [9.17, 15) is 8.42 Å². The molecule has 3 aromatic carbocycles. The molecule has 0 radical (unpaired) electrons. The van der Waals surface area contributed by atoms with Crippen molar-refractivity contribution < 1.29 is 17.9 Å². The zero-order valence-corrected chi connectivity index (χ0v) is 18.6. The van der Waals surface area contributed by atoms with Crippen molar-refractivity contribution in [1.82, 2.24) is 4.90 Å². The lowest BCUT2D eigenvalue weighted by Crippen LogP contribution is -2.38. The van der Waals surface area contributed by atoms with Crippen LogP contribution in [-0.2, 0) is 16.4 Å². The Morgan fingerprint density at radius 2 is 1.74 bits per heavy atom. The number of nitrogens with one attached hydrogen (secondary N) is 1. The van der Waals surface area contributed by atoms with Crippen LogP contribution in [0.3, 0.4) is 0 Å². The van der Waals surface area contributed by atoms with E-state index in [1.807, 2.05) is 50.5 Å². The fraction of sp³-hybridized carbons (Fsp3) is 0.250. The van der Waals surface area contributed by atoms with Gasteiger partial charge in [0.2, 0.25) is 0 Å². The van der Waals surface area contributed by atoms with Crippen molar-refractivity contribution >= 4 is 15.7 Å². The van der Waals surface area contributed by atoms with Gasteiger partial charge >= 0.3 is 0 Å². The normalized spacial score (nSPS) is 15.8. The SMILES string of the molecule is COc1ccc(NS(=O)(=O)c2cccc(-c3ccccc3)c2)c2c1C[C@@H](N(C)C)CO2. The highest BCUT2D eigenvalue weighted by molar-refractivity contribution is 7.92. The van der Waals surface area contributed by atoms with Crippen LogP contribution in [0, 0.1) is 0 Å². The molecule has 1 N–H and O–H groups in total. The van der Waals surface area contributed by atoms with Crippen LogP contribution in [0.5, 0.6) is 11.5 Å². The minimum atomic E-state index is -3.81. The van der Waals surface area contributed by atoms with Gasteiger partial charge in [0.1, 0.15) is 18.1 Å². The summed E-state index contributed by atoms with van der Waals surface area (Å²) in [4.78, 5) is 2.29. The average molecular weight is 439 g/mol. The maximum Gasteiger partial charge on any atom is 0.262 e. The van der Waals surface area contributed by atoms with Gasteiger partial charge in [-0.1, -0.05) is 42.5 Å². The summed E-state index contributed by atoms with van der Waals surface area (Å²) < 4.78 is 40.6. The molecule has 0 aromatic heterocycles. The summed E-state index contributed by atoms with van der Waals surface area (Å²) in [6.45, 7) is 0.478. The van der Waals surface area contributed by atoms with Crippen LogP contribution in [0.15, 0.2) is 71.6 Å². The number of methoxy groups -OCH3 is 1. The van der Waals surface area contributed by atoms with Crippen molar-refractivity contribution in [3.05, 3.63) is 72.3 Å². The molecule has 3 aromatic rings. The Bertz CT molecular complexity index is 1180. The second-order valence-electron chi connectivity index (χ2n) is 7.75. The van der Waals surface area contributed by atoms with Crippen LogP contribution in [0.1, 0.15) is 5.56 Å². The average Bonchev–Trinajstić information content (AvgIpc) is 2.79. The van der Waals surface area contributed by atoms with Crippen LogP contribution in [0.4, 0.5) is 5.69 Å². The van der Waals surface area contributed by atoms with E-state index in [0.717, 1.165) is 16.7 Å². The Labute approximate surface area is 183 Å². The number of sulfonamides is 1. The number of anilines is 1. The maximum absolute atomic E-state index is 13.2. The predicted octanol–water partition coefficient (Wildman–Crippen LogP) is 4.03. The molecule has 1 atom stereocenters. The molecule has 4 rings (SSSR count). The molecule has 162 valence electrons. The zero-order valence-electron chi connectivity index (χ0n) is 17.8. The van der Waals surface area contributed by atoms with Crippen molar-refractivity contribution in [3.8, 4) is 22.6 Å². The van der Waals surface area contributed by atoms with Crippen LogP contribution in [-0.4, -0.2) is 47.2 Å². The Morgan fingerprint density at radius 1 is 1.00 bits per heavy atom. The third-order valence-corrected chi connectivity index (χ3v) is 6.89. The van der Waals surface area contributed by atoms with E-state index < -0.39 is 10.0 Å². The van der Waals surface area contributed by atoms with Gasteiger partial charge in [0.05, 0.1) is 17.7 Å². The molecule has 0 spiro atoms. The number of hydrogen-bond acceptors (Lipinski definition) is 5. The molecule has 0 amide bonds. The van der Waals surface area contributed by atoms with Crippen LogP contribution >= 0.6 is 0 Å². The standard InChI is InChI=1S/C24H26N2O4S/c1-26(2)19-15-21-23(29-3)13-12-22(24(21)30-16-19)25-31(27,28)20-11-7-10-18(14-20)17-8-5-4-6-9-17/h4-14,19,25H,15-16H2,1-3H3/t19-/m1/s1. The van der Waals surface area contributed by atoms with Gasteiger partial charge in [-0.3, -0.25) is 4.72 Å². The van der Waals surface area contributed by atoms with Crippen molar-refractivity contribution in [2.75, 3.05) is 32.5 Å². The number of fused-ring (bicyclic) bond motifs is 1. The van der Waals surface area contributed by atoms with Gasteiger partial charge in [-0.25, -0.2) is 8.42 Å². The Kier molecular flexibility index (Phi) is 5.89. The minimum absolute atomic E-state index is 0.191. The van der Waals surface area contributed by atoms with Crippen LogP contribution in [0.2, 0.25) is 0 Å². The topological polar surface area (TPSA) is 67.9 Å². The summed E-state index contributed by atoms with van der Waals surface area (Å²) >= 11 is 0. The molecule has 7 heteroatoms. The van der Waals surface area contributed by atoms with Gasteiger partial charge in [0, 0.05) is 11.6 Å². The first-order valence-electron chi connectivity index (χ1n) is 10.1. The van der Waals surface area contributed by atoms with Crippen molar-refractivity contribution in [1.29, 1.82) is 0 Å². The van der Waals surface area contributed by atoms with E-state index in [0.29, 0.717) is 30.2 Å². The van der Waals surface area contributed by atoms with Crippen molar-refractivity contribution in [3.63, 3.8) is 0 Å². The van der Waals surface area contributed by atoms with E-state index in [-0.39, 0.29) is 10.9 Å².